The number of benzene rings is 1. The smallest absolute Gasteiger partial charge is 0.264 e. The second kappa shape index (κ2) is 6.59. The van der Waals surface area contributed by atoms with E-state index in [1.165, 1.54) is 10.7 Å². The van der Waals surface area contributed by atoms with E-state index >= 15 is 0 Å². The molecule has 0 saturated carbocycles. The highest BCUT2D eigenvalue weighted by molar-refractivity contribution is 5.94. The fourth-order valence-corrected chi connectivity index (χ4v) is 3.71. The summed E-state index contributed by atoms with van der Waals surface area (Å²) in [6.07, 6.45) is 0.264. The SMILES string of the molecule is Cc1nn(-c2ccc(=O)[nH]n2)c2c1[C@H](c1ccc(-c3ccccc3)o1)CC(=O)N2. The number of nitrogens with one attached hydrogen (secondary N) is 2. The van der Waals surface area contributed by atoms with Gasteiger partial charge in [-0.25, -0.2) is 5.10 Å². The molecule has 2 N–H and O–H groups in total. The molecule has 1 amide bonds. The van der Waals surface area contributed by atoms with E-state index in [4.69, 9.17) is 4.42 Å². The number of aromatic nitrogens is 4. The van der Waals surface area contributed by atoms with Crippen LogP contribution in [0.4, 0.5) is 5.82 Å². The molecule has 1 aliphatic rings. The first kappa shape index (κ1) is 17.2. The van der Waals surface area contributed by atoms with Crippen LogP contribution in [0.15, 0.2) is 63.8 Å². The van der Waals surface area contributed by atoms with Crippen LogP contribution >= 0.6 is 0 Å². The summed E-state index contributed by atoms with van der Waals surface area (Å²) in [6, 6.07) is 16.6. The van der Waals surface area contributed by atoms with Crippen molar-refractivity contribution in [3.8, 4) is 17.1 Å². The third-order valence-electron chi connectivity index (χ3n) is 5.01. The highest BCUT2D eigenvalue weighted by atomic mass is 16.3. The minimum Gasteiger partial charge on any atom is -0.460 e. The number of rotatable bonds is 3. The maximum Gasteiger partial charge on any atom is 0.264 e. The fourth-order valence-electron chi connectivity index (χ4n) is 3.71. The van der Waals surface area contributed by atoms with Gasteiger partial charge in [-0.1, -0.05) is 30.3 Å². The first-order valence-corrected chi connectivity index (χ1v) is 9.21. The molecular weight excluding hydrogens is 370 g/mol. The van der Waals surface area contributed by atoms with Gasteiger partial charge in [0.15, 0.2) is 5.82 Å². The highest BCUT2D eigenvalue weighted by Gasteiger charge is 2.34. The summed E-state index contributed by atoms with van der Waals surface area (Å²) < 4.78 is 7.65. The van der Waals surface area contributed by atoms with Crippen LogP contribution in [0.5, 0.6) is 0 Å². The van der Waals surface area contributed by atoms with Gasteiger partial charge in [0.1, 0.15) is 17.3 Å². The van der Waals surface area contributed by atoms with Gasteiger partial charge in [0.05, 0.1) is 11.6 Å². The Morgan fingerprint density at radius 2 is 1.90 bits per heavy atom. The molecule has 1 atom stereocenters. The molecule has 144 valence electrons. The van der Waals surface area contributed by atoms with Crippen molar-refractivity contribution in [2.45, 2.75) is 19.3 Å². The topological polar surface area (TPSA) is 106 Å². The van der Waals surface area contributed by atoms with Crippen molar-refractivity contribution in [2.75, 3.05) is 5.32 Å². The Bertz CT molecular complexity index is 1250. The van der Waals surface area contributed by atoms with E-state index in [1.807, 2.05) is 49.4 Å². The highest BCUT2D eigenvalue weighted by Crippen LogP contribution is 2.41. The van der Waals surface area contributed by atoms with Crippen molar-refractivity contribution >= 4 is 11.7 Å². The van der Waals surface area contributed by atoms with Crippen LogP contribution in [0.1, 0.15) is 29.4 Å². The monoisotopic (exact) mass is 387 g/mol. The summed E-state index contributed by atoms with van der Waals surface area (Å²) in [7, 11) is 0. The number of fused-ring (bicyclic) bond motifs is 1. The maximum atomic E-state index is 12.5. The van der Waals surface area contributed by atoms with Crippen LogP contribution in [0, 0.1) is 6.92 Å². The molecule has 4 aromatic rings. The van der Waals surface area contributed by atoms with Gasteiger partial charge in [-0.05, 0) is 25.1 Å². The predicted molar refractivity (Wildman–Crippen MR) is 106 cm³/mol. The van der Waals surface area contributed by atoms with Crippen LogP contribution < -0.4 is 10.9 Å². The predicted octanol–water partition coefficient (Wildman–Crippen LogP) is 3.00. The normalized spacial score (nSPS) is 15.8. The quantitative estimate of drug-likeness (QED) is 0.562. The first-order chi connectivity index (χ1) is 14.1. The number of hydrogen-bond acceptors (Lipinski definition) is 5. The van der Waals surface area contributed by atoms with Crippen LogP contribution in [0.2, 0.25) is 0 Å². The van der Waals surface area contributed by atoms with Gasteiger partial charge in [-0.3, -0.25) is 9.59 Å². The molecule has 29 heavy (non-hydrogen) atoms. The largest absolute Gasteiger partial charge is 0.460 e. The molecule has 5 rings (SSSR count). The number of carbonyl (C=O) groups excluding carboxylic acids is 1. The van der Waals surface area contributed by atoms with E-state index < -0.39 is 0 Å². The lowest BCUT2D eigenvalue weighted by Crippen LogP contribution is -2.25. The zero-order valence-electron chi connectivity index (χ0n) is 15.5. The second-order valence-electron chi connectivity index (χ2n) is 6.91. The zero-order chi connectivity index (χ0) is 20.0. The summed E-state index contributed by atoms with van der Waals surface area (Å²) >= 11 is 0. The van der Waals surface area contributed by atoms with Gasteiger partial charge in [0, 0.05) is 23.6 Å². The number of aromatic amines is 1. The average Bonchev–Trinajstić information content (AvgIpc) is 3.34. The van der Waals surface area contributed by atoms with E-state index in [0.717, 1.165) is 22.6 Å². The maximum absolute atomic E-state index is 12.5. The molecule has 0 aliphatic carbocycles. The van der Waals surface area contributed by atoms with E-state index in [0.29, 0.717) is 17.4 Å². The lowest BCUT2D eigenvalue weighted by molar-refractivity contribution is -0.116. The number of amides is 1. The van der Waals surface area contributed by atoms with Gasteiger partial charge < -0.3 is 9.73 Å². The van der Waals surface area contributed by atoms with Crippen molar-refractivity contribution in [2.24, 2.45) is 0 Å². The van der Waals surface area contributed by atoms with Crippen LogP contribution in [0.3, 0.4) is 0 Å². The van der Waals surface area contributed by atoms with Gasteiger partial charge in [0.2, 0.25) is 5.91 Å². The van der Waals surface area contributed by atoms with E-state index in [-0.39, 0.29) is 23.8 Å². The van der Waals surface area contributed by atoms with Crippen molar-refractivity contribution in [3.63, 3.8) is 0 Å². The van der Waals surface area contributed by atoms with Crippen molar-refractivity contribution in [1.82, 2.24) is 20.0 Å². The van der Waals surface area contributed by atoms with Crippen molar-refractivity contribution in [3.05, 3.63) is 82.0 Å². The third kappa shape index (κ3) is 2.94. The molecule has 8 nitrogen and oxygen atoms in total. The Morgan fingerprint density at radius 1 is 1.07 bits per heavy atom. The number of H-pyrrole nitrogens is 1. The Hall–Kier alpha value is -3.94. The molecule has 1 aliphatic heterocycles. The molecule has 0 unspecified atom stereocenters. The van der Waals surface area contributed by atoms with Crippen LogP contribution in [-0.4, -0.2) is 25.9 Å². The lowest BCUT2D eigenvalue weighted by Gasteiger charge is -2.22. The fraction of sp³-hybridized carbons (Fsp3) is 0.143. The van der Waals surface area contributed by atoms with E-state index in [9.17, 15) is 9.59 Å². The molecule has 8 heteroatoms. The molecule has 0 radical (unpaired) electrons. The van der Waals surface area contributed by atoms with Crippen molar-refractivity contribution < 1.29 is 9.21 Å². The summed E-state index contributed by atoms with van der Waals surface area (Å²) in [4.78, 5) is 23.8. The van der Waals surface area contributed by atoms with Gasteiger partial charge >= 0.3 is 0 Å². The number of carbonyl (C=O) groups is 1. The number of furan rings is 1. The minimum atomic E-state index is -0.308. The zero-order valence-corrected chi connectivity index (χ0v) is 15.5. The minimum absolute atomic E-state index is 0.134. The van der Waals surface area contributed by atoms with Crippen molar-refractivity contribution in [1.29, 1.82) is 0 Å². The number of anilines is 1. The molecule has 1 aromatic carbocycles. The van der Waals surface area contributed by atoms with Gasteiger partial charge in [0.25, 0.3) is 5.56 Å². The lowest BCUT2D eigenvalue weighted by atomic mass is 9.90. The molecule has 0 fully saturated rings. The summed E-state index contributed by atoms with van der Waals surface area (Å²) in [5.74, 6) is 2.02. The van der Waals surface area contributed by atoms with Gasteiger partial charge in [-0.2, -0.15) is 14.9 Å². The summed E-state index contributed by atoms with van der Waals surface area (Å²) in [5, 5.41) is 13.8. The Labute approximate surface area is 165 Å². The number of hydrogen-bond donors (Lipinski definition) is 2. The summed E-state index contributed by atoms with van der Waals surface area (Å²) in [5.41, 5.74) is 2.31. The van der Waals surface area contributed by atoms with E-state index in [2.05, 4.69) is 20.6 Å². The molecule has 0 bridgehead atoms. The van der Waals surface area contributed by atoms with Gasteiger partial charge in [-0.15, -0.1) is 0 Å². The third-order valence-corrected chi connectivity index (χ3v) is 5.01. The Morgan fingerprint density at radius 3 is 2.66 bits per heavy atom. The molecule has 0 saturated heterocycles. The standard InChI is InChI=1S/C21H17N5O3/c1-12-20-14(16-8-7-15(29-16)13-5-3-2-4-6-13)11-19(28)22-21(20)26(25-12)17-9-10-18(27)24-23-17/h2-10,14H,11H2,1H3,(H,22,28)(H,24,27)/t14-/m0/s1. The van der Waals surface area contributed by atoms with Crippen LogP contribution in [-0.2, 0) is 4.79 Å². The Balaban J connectivity index is 1.60. The van der Waals surface area contributed by atoms with Crippen LogP contribution in [0.25, 0.3) is 17.1 Å². The number of aryl methyl sites for hydroxylation is 1. The summed E-state index contributed by atoms with van der Waals surface area (Å²) in [6.45, 7) is 1.88. The van der Waals surface area contributed by atoms with E-state index in [1.54, 1.807) is 6.07 Å². The molecular formula is C21H17N5O3. The molecule has 4 heterocycles. The number of nitrogens with zero attached hydrogens (tertiary/aromatic N) is 3. The molecule has 3 aromatic heterocycles. The second-order valence-corrected chi connectivity index (χ2v) is 6.91. The average molecular weight is 387 g/mol. The molecule has 0 spiro atoms. The first-order valence-electron chi connectivity index (χ1n) is 9.21. The Kier molecular flexibility index (Phi) is 3.90.